The molecule has 0 spiro atoms. The number of aromatic nitrogens is 3. The lowest BCUT2D eigenvalue weighted by molar-refractivity contribution is 0.991. The summed E-state index contributed by atoms with van der Waals surface area (Å²) in [6.07, 6.45) is 0. The lowest BCUT2D eigenvalue weighted by Crippen LogP contribution is -2.11. The van der Waals surface area contributed by atoms with Crippen molar-refractivity contribution in [3.05, 3.63) is 35.4 Å². The molecule has 1 aromatic heterocycles. The number of anilines is 3. The first kappa shape index (κ1) is 17.1. The Morgan fingerprint density at radius 3 is 2.04 bits per heavy atom. The van der Waals surface area contributed by atoms with Crippen molar-refractivity contribution in [3.8, 4) is 6.07 Å². The van der Waals surface area contributed by atoms with Gasteiger partial charge in [0.2, 0.25) is 17.8 Å². The van der Waals surface area contributed by atoms with Crippen LogP contribution < -0.4 is 16.1 Å². The molecule has 2 rings (SSSR count). The topological polar surface area (TPSA) is 111 Å². The molecule has 0 aliphatic carbocycles. The summed E-state index contributed by atoms with van der Waals surface area (Å²) in [6.45, 7) is 7.23. The maximum atomic E-state index is 8.83. The lowest BCUT2D eigenvalue weighted by atomic mass is 10.1. The fraction of sp³-hybridized carbons (Fsp3) is 0.312. The summed E-state index contributed by atoms with van der Waals surface area (Å²) in [6, 6.07) is 9.29. The van der Waals surface area contributed by atoms with Crippen LogP contribution in [0.25, 0.3) is 0 Å². The van der Waals surface area contributed by atoms with Crippen LogP contribution in [0.1, 0.15) is 31.9 Å². The molecule has 2 aromatic rings. The molecule has 1 heterocycles. The van der Waals surface area contributed by atoms with Crippen molar-refractivity contribution in [1.82, 2.24) is 15.0 Å². The first-order valence-electron chi connectivity index (χ1n) is 7.71. The Morgan fingerprint density at radius 1 is 1.00 bits per heavy atom. The van der Waals surface area contributed by atoms with Crippen LogP contribution in [-0.4, -0.2) is 33.8 Å². The predicted octanol–water partition coefficient (Wildman–Crippen LogP) is 2.44. The molecule has 0 aliphatic heterocycles. The Kier molecular flexibility index (Phi) is 6.02. The molecule has 0 bridgehead atoms. The van der Waals surface area contributed by atoms with Gasteiger partial charge in [0.1, 0.15) is 0 Å². The van der Waals surface area contributed by atoms with E-state index in [2.05, 4.69) is 42.2 Å². The minimum atomic E-state index is 0.352. The largest absolute Gasteiger partial charge is 0.354 e. The average Bonchev–Trinajstić information content (AvgIpc) is 2.60. The van der Waals surface area contributed by atoms with Crippen molar-refractivity contribution in [2.24, 2.45) is 5.10 Å². The van der Waals surface area contributed by atoms with E-state index in [9.17, 15) is 0 Å². The number of nitriles is 1. The summed E-state index contributed by atoms with van der Waals surface area (Å²) in [7, 11) is 0. The molecular weight excluding hydrogens is 304 g/mol. The van der Waals surface area contributed by atoms with Gasteiger partial charge in [-0.25, -0.2) is 5.43 Å². The number of hydrogen-bond acceptors (Lipinski definition) is 8. The van der Waals surface area contributed by atoms with Crippen LogP contribution in [0.3, 0.4) is 0 Å². The van der Waals surface area contributed by atoms with Crippen LogP contribution in [0.4, 0.5) is 17.8 Å². The van der Waals surface area contributed by atoms with E-state index in [1.165, 1.54) is 0 Å². The Bertz CT molecular complexity index is 721. The number of nitrogens with one attached hydrogen (secondary N) is 3. The van der Waals surface area contributed by atoms with Crippen LogP contribution in [0.2, 0.25) is 0 Å². The van der Waals surface area contributed by atoms with Gasteiger partial charge in [0.25, 0.3) is 0 Å². The SMILES string of the molecule is CCNc1nc(NCC)nc(N/N=C(\C)c2ccc(C#N)cc2)n1. The van der Waals surface area contributed by atoms with Crippen molar-refractivity contribution in [1.29, 1.82) is 5.26 Å². The van der Waals surface area contributed by atoms with Crippen LogP contribution in [0.15, 0.2) is 29.4 Å². The maximum absolute atomic E-state index is 8.83. The highest BCUT2D eigenvalue weighted by Gasteiger charge is 2.05. The monoisotopic (exact) mass is 324 g/mol. The Labute approximate surface area is 141 Å². The average molecular weight is 324 g/mol. The molecular formula is C16H20N8. The van der Waals surface area contributed by atoms with E-state index in [0.717, 1.165) is 11.3 Å². The molecule has 0 radical (unpaired) electrons. The van der Waals surface area contributed by atoms with E-state index in [1.807, 2.05) is 32.9 Å². The highest BCUT2D eigenvalue weighted by atomic mass is 15.4. The van der Waals surface area contributed by atoms with E-state index < -0.39 is 0 Å². The fourth-order valence-electron chi connectivity index (χ4n) is 1.88. The number of hydrogen-bond donors (Lipinski definition) is 3. The van der Waals surface area contributed by atoms with Crippen molar-refractivity contribution in [3.63, 3.8) is 0 Å². The van der Waals surface area contributed by atoms with Crippen LogP contribution in [0.5, 0.6) is 0 Å². The van der Waals surface area contributed by atoms with Gasteiger partial charge in [-0.2, -0.15) is 25.3 Å². The van der Waals surface area contributed by atoms with E-state index in [4.69, 9.17) is 5.26 Å². The highest BCUT2D eigenvalue weighted by molar-refractivity contribution is 5.99. The molecule has 0 atom stereocenters. The third-order valence-corrected chi connectivity index (χ3v) is 3.06. The molecule has 0 fully saturated rings. The van der Waals surface area contributed by atoms with E-state index in [1.54, 1.807) is 12.1 Å². The Morgan fingerprint density at radius 2 is 1.54 bits per heavy atom. The maximum Gasteiger partial charge on any atom is 0.250 e. The van der Waals surface area contributed by atoms with Crippen molar-refractivity contribution >= 4 is 23.6 Å². The third-order valence-electron chi connectivity index (χ3n) is 3.06. The second-order valence-electron chi connectivity index (χ2n) is 4.87. The van der Waals surface area contributed by atoms with E-state index in [0.29, 0.717) is 36.5 Å². The smallest absolute Gasteiger partial charge is 0.250 e. The number of hydrazone groups is 1. The second kappa shape index (κ2) is 8.43. The zero-order valence-electron chi connectivity index (χ0n) is 14.0. The molecule has 8 heteroatoms. The molecule has 0 saturated heterocycles. The third kappa shape index (κ3) is 4.64. The molecule has 1 aromatic carbocycles. The van der Waals surface area contributed by atoms with Gasteiger partial charge >= 0.3 is 0 Å². The first-order valence-corrected chi connectivity index (χ1v) is 7.71. The molecule has 8 nitrogen and oxygen atoms in total. The fourth-order valence-corrected chi connectivity index (χ4v) is 1.88. The molecule has 124 valence electrons. The minimum Gasteiger partial charge on any atom is -0.354 e. The zero-order chi connectivity index (χ0) is 17.4. The van der Waals surface area contributed by atoms with Gasteiger partial charge in [-0.15, -0.1) is 0 Å². The molecule has 0 unspecified atom stereocenters. The summed E-state index contributed by atoms with van der Waals surface area (Å²) >= 11 is 0. The summed E-state index contributed by atoms with van der Waals surface area (Å²) in [4.78, 5) is 12.8. The molecule has 0 aliphatic rings. The molecule has 3 N–H and O–H groups in total. The second-order valence-corrected chi connectivity index (χ2v) is 4.87. The highest BCUT2D eigenvalue weighted by Crippen LogP contribution is 2.10. The standard InChI is InChI=1S/C16H20N8/c1-4-18-14-20-15(19-5-2)22-16(21-14)24-23-11(3)13-8-6-12(10-17)7-9-13/h6-9H,4-5H2,1-3H3,(H3,18,19,20,21,22,24)/b23-11+. The van der Waals surface area contributed by atoms with Crippen molar-refractivity contribution < 1.29 is 0 Å². The van der Waals surface area contributed by atoms with Crippen molar-refractivity contribution in [2.75, 3.05) is 29.1 Å². The lowest BCUT2D eigenvalue weighted by Gasteiger charge is -2.08. The van der Waals surface area contributed by atoms with Gasteiger partial charge in [0.05, 0.1) is 17.3 Å². The molecule has 24 heavy (non-hydrogen) atoms. The Balaban J connectivity index is 2.17. The number of benzene rings is 1. The van der Waals surface area contributed by atoms with Gasteiger partial charge in [-0.05, 0) is 38.5 Å². The quantitative estimate of drug-likeness (QED) is 0.530. The van der Waals surface area contributed by atoms with Gasteiger partial charge in [-0.1, -0.05) is 12.1 Å². The summed E-state index contributed by atoms with van der Waals surface area (Å²) < 4.78 is 0. The Hall–Kier alpha value is -3.21. The van der Waals surface area contributed by atoms with Crippen LogP contribution >= 0.6 is 0 Å². The minimum absolute atomic E-state index is 0.352. The van der Waals surface area contributed by atoms with E-state index >= 15 is 0 Å². The normalized spacial score (nSPS) is 10.8. The van der Waals surface area contributed by atoms with Crippen molar-refractivity contribution in [2.45, 2.75) is 20.8 Å². The number of nitrogens with zero attached hydrogens (tertiary/aromatic N) is 5. The van der Waals surface area contributed by atoms with Gasteiger partial charge < -0.3 is 10.6 Å². The molecule has 0 amide bonds. The summed E-state index contributed by atoms with van der Waals surface area (Å²) in [5.41, 5.74) is 5.13. The van der Waals surface area contributed by atoms with Crippen LogP contribution in [-0.2, 0) is 0 Å². The van der Waals surface area contributed by atoms with Gasteiger partial charge in [-0.3, -0.25) is 0 Å². The number of rotatable bonds is 7. The van der Waals surface area contributed by atoms with Crippen LogP contribution in [0, 0.1) is 11.3 Å². The van der Waals surface area contributed by atoms with Gasteiger partial charge in [0.15, 0.2) is 0 Å². The first-order chi connectivity index (χ1) is 11.7. The molecule has 0 saturated carbocycles. The zero-order valence-corrected chi connectivity index (χ0v) is 14.0. The van der Waals surface area contributed by atoms with E-state index in [-0.39, 0.29) is 0 Å². The summed E-state index contributed by atoms with van der Waals surface area (Å²) in [5, 5.41) is 19.2. The summed E-state index contributed by atoms with van der Waals surface area (Å²) in [5.74, 6) is 1.32. The predicted molar refractivity (Wildman–Crippen MR) is 95.1 cm³/mol. The van der Waals surface area contributed by atoms with Gasteiger partial charge in [0, 0.05) is 13.1 Å².